The molecule has 3 atom stereocenters. The maximum atomic E-state index is 13.1. The number of nitrogens with one attached hydrogen (secondary N) is 1. The molecule has 1 fully saturated rings. The van der Waals surface area contributed by atoms with Gasteiger partial charge in [0.1, 0.15) is 5.82 Å². The number of aliphatic hydroxyl groups is 1. The predicted molar refractivity (Wildman–Crippen MR) is 66.2 cm³/mol. The van der Waals surface area contributed by atoms with E-state index in [1.54, 1.807) is 12.1 Å². The van der Waals surface area contributed by atoms with E-state index in [2.05, 4.69) is 12.2 Å². The monoisotopic (exact) mass is 237 g/mol. The summed E-state index contributed by atoms with van der Waals surface area (Å²) in [5.74, 6) is -0.287. The molecule has 0 amide bonds. The number of hydrogen-bond acceptors (Lipinski definition) is 2. The molecule has 94 valence electrons. The van der Waals surface area contributed by atoms with Crippen LogP contribution in [0.1, 0.15) is 44.3 Å². The molecule has 17 heavy (non-hydrogen) atoms. The minimum atomic E-state index is -0.604. The topological polar surface area (TPSA) is 32.3 Å². The molecule has 1 aliphatic rings. The summed E-state index contributed by atoms with van der Waals surface area (Å²) in [6.07, 6.45) is 3.76. The van der Waals surface area contributed by atoms with E-state index >= 15 is 0 Å². The quantitative estimate of drug-likeness (QED) is 0.844. The Labute approximate surface area is 102 Å². The lowest BCUT2D eigenvalue weighted by Crippen LogP contribution is -2.33. The number of halogens is 1. The highest BCUT2D eigenvalue weighted by Gasteiger charge is 2.29. The van der Waals surface area contributed by atoms with Gasteiger partial charge in [-0.05, 0) is 37.0 Å². The zero-order valence-corrected chi connectivity index (χ0v) is 10.2. The van der Waals surface area contributed by atoms with Crippen LogP contribution in [0.4, 0.5) is 4.39 Å². The average molecular weight is 237 g/mol. The summed E-state index contributed by atoms with van der Waals surface area (Å²) >= 11 is 0. The maximum Gasteiger partial charge on any atom is 0.123 e. The van der Waals surface area contributed by atoms with Gasteiger partial charge in [-0.3, -0.25) is 0 Å². The summed E-state index contributed by atoms with van der Waals surface area (Å²) in [5.41, 5.74) is 0.666. The summed E-state index contributed by atoms with van der Waals surface area (Å²) in [7, 11) is 0. The van der Waals surface area contributed by atoms with Crippen molar-refractivity contribution in [2.24, 2.45) is 0 Å². The molecule has 1 aromatic rings. The van der Waals surface area contributed by atoms with Gasteiger partial charge in [-0.2, -0.15) is 0 Å². The van der Waals surface area contributed by atoms with E-state index in [9.17, 15) is 9.50 Å². The summed E-state index contributed by atoms with van der Waals surface area (Å²) < 4.78 is 13.1. The standard InChI is InChI=1S/C14H20FNO/c1-2-4-12-7-8-13(16-12)14(17)10-5-3-6-11(15)9-10/h3,5-6,9,12-14,16-17H,2,4,7-8H2,1H3/t12-,13+,14?/m0/s1. The van der Waals surface area contributed by atoms with Crippen LogP contribution in [0.15, 0.2) is 24.3 Å². The Bertz CT molecular complexity index is 369. The Kier molecular flexibility index (Phi) is 4.13. The van der Waals surface area contributed by atoms with Gasteiger partial charge in [-0.25, -0.2) is 4.39 Å². The van der Waals surface area contributed by atoms with Crippen molar-refractivity contribution in [3.8, 4) is 0 Å². The Morgan fingerprint density at radius 2 is 2.29 bits per heavy atom. The molecule has 1 saturated heterocycles. The van der Waals surface area contributed by atoms with Crippen LogP contribution in [0.25, 0.3) is 0 Å². The second kappa shape index (κ2) is 5.61. The third kappa shape index (κ3) is 3.05. The summed E-state index contributed by atoms with van der Waals surface area (Å²) in [6, 6.07) is 6.81. The highest BCUT2D eigenvalue weighted by molar-refractivity contribution is 5.20. The normalized spacial score (nSPS) is 26.1. The van der Waals surface area contributed by atoms with E-state index in [-0.39, 0.29) is 11.9 Å². The van der Waals surface area contributed by atoms with E-state index in [1.165, 1.54) is 12.1 Å². The molecule has 0 aliphatic carbocycles. The minimum Gasteiger partial charge on any atom is -0.387 e. The molecule has 0 radical (unpaired) electrons. The van der Waals surface area contributed by atoms with Crippen molar-refractivity contribution in [2.75, 3.05) is 0 Å². The fraction of sp³-hybridized carbons (Fsp3) is 0.571. The Morgan fingerprint density at radius 1 is 1.47 bits per heavy atom. The molecule has 0 aromatic heterocycles. The summed E-state index contributed by atoms with van der Waals surface area (Å²) in [4.78, 5) is 0. The van der Waals surface area contributed by atoms with Crippen LogP contribution in [-0.4, -0.2) is 17.2 Å². The van der Waals surface area contributed by atoms with E-state index < -0.39 is 6.10 Å². The molecule has 1 aromatic carbocycles. The van der Waals surface area contributed by atoms with Crippen molar-refractivity contribution in [2.45, 2.75) is 50.8 Å². The van der Waals surface area contributed by atoms with E-state index in [0.717, 1.165) is 25.7 Å². The molecule has 0 bridgehead atoms. The van der Waals surface area contributed by atoms with Crippen molar-refractivity contribution in [1.29, 1.82) is 0 Å². The molecular formula is C14H20FNO. The molecular weight excluding hydrogens is 217 g/mol. The van der Waals surface area contributed by atoms with Crippen molar-refractivity contribution in [3.63, 3.8) is 0 Å². The molecule has 2 rings (SSSR count). The third-order valence-corrected chi connectivity index (χ3v) is 3.48. The second-order valence-electron chi connectivity index (χ2n) is 4.84. The first-order valence-electron chi connectivity index (χ1n) is 6.40. The third-order valence-electron chi connectivity index (χ3n) is 3.48. The predicted octanol–water partition coefficient (Wildman–Crippen LogP) is 2.78. The smallest absolute Gasteiger partial charge is 0.123 e. The van der Waals surface area contributed by atoms with Gasteiger partial charge in [0.2, 0.25) is 0 Å². The summed E-state index contributed by atoms with van der Waals surface area (Å²) in [6.45, 7) is 2.16. The Hall–Kier alpha value is -0.930. The van der Waals surface area contributed by atoms with Crippen LogP contribution in [0, 0.1) is 5.82 Å². The fourth-order valence-electron chi connectivity index (χ4n) is 2.60. The molecule has 0 saturated carbocycles. The van der Waals surface area contributed by atoms with Gasteiger partial charge in [0.05, 0.1) is 6.10 Å². The molecule has 3 heteroatoms. The minimum absolute atomic E-state index is 0.0633. The SMILES string of the molecule is CCC[C@H]1CC[C@H](C(O)c2cccc(F)c2)N1. The molecule has 2 nitrogen and oxygen atoms in total. The number of aliphatic hydroxyl groups excluding tert-OH is 1. The summed E-state index contributed by atoms with van der Waals surface area (Å²) in [5, 5.41) is 13.6. The van der Waals surface area contributed by atoms with Crippen LogP contribution in [0.5, 0.6) is 0 Å². The average Bonchev–Trinajstić information content (AvgIpc) is 2.77. The Morgan fingerprint density at radius 3 is 3.00 bits per heavy atom. The van der Waals surface area contributed by atoms with Gasteiger partial charge in [0.25, 0.3) is 0 Å². The highest BCUT2D eigenvalue weighted by atomic mass is 19.1. The molecule has 2 N–H and O–H groups in total. The lowest BCUT2D eigenvalue weighted by atomic mass is 10.0. The van der Waals surface area contributed by atoms with Gasteiger partial charge in [0.15, 0.2) is 0 Å². The van der Waals surface area contributed by atoms with Crippen molar-refractivity contribution in [1.82, 2.24) is 5.32 Å². The lowest BCUT2D eigenvalue weighted by Gasteiger charge is -2.20. The molecule has 0 spiro atoms. The van der Waals surface area contributed by atoms with Gasteiger partial charge in [0, 0.05) is 12.1 Å². The van der Waals surface area contributed by atoms with Crippen molar-refractivity contribution < 1.29 is 9.50 Å². The van der Waals surface area contributed by atoms with E-state index in [1.807, 2.05) is 0 Å². The zero-order chi connectivity index (χ0) is 12.3. The second-order valence-corrected chi connectivity index (χ2v) is 4.84. The van der Waals surface area contributed by atoms with Crippen LogP contribution >= 0.6 is 0 Å². The first-order valence-corrected chi connectivity index (χ1v) is 6.40. The number of benzene rings is 1. The first-order chi connectivity index (χ1) is 8.20. The van der Waals surface area contributed by atoms with Gasteiger partial charge < -0.3 is 10.4 Å². The van der Waals surface area contributed by atoms with Gasteiger partial charge in [-0.15, -0.1) is 0 Å². The van der Waals surface area contributed by atoms with Crippen LogP contribution in [0.2, 0.25) is 0 Å². The van der Waals surface area contributed by atoms with Gasteiger partial charge in [-0.1, -0.05) is 25.5 Å². The number of hydrogen-bond donors (Lipinski definition) is 2. The maximum absolute atomic E-state index is 13.1. The molecule has 1 aliphatic heterocycles. The van der Waals surface area contributed by atoms with E-state index in [4.69, 9.17) is 0 Å². The van der Waals surface area contributed by atoms with Crippen LogP contribution in [-0.2, 0) is 0 Å². The van der Waals surface area contributed by atoms with E-state index in [0.29, 0.717) is 11.6 Å². The first kappa shape index (κ1) is 12.5. The lowest BCUT2D eigenvalue weighted by molar-refractivity contribution is 0.134. The van der Waals surface area contributed by atoms with Crippen molar-refractivity contribution in [3.05, 3.63) is 35.6 Å². The van der Waals surface area contributed by atoms with Crippen LogP contribution in [0.3, 0.4) is 0 Å². The Balaban J connectivity index is 1.99. The molecule has 1 heterocycles. The zero-order valence-electron chi connectivity index (χ0n) is 10.2. The highest BCUT2D eigenvalue weighted by Crippen LogP contribution is 2.27. The van der Waals surface area contributed by atoms with Crippen LogP contribution < -0.4 is 5.32 Å². The fourth-order valence-corrected chi connectivity index (χ4v) is 2.60. The largest absolute Gasteiger partial charge is 0.387 e. The van der Waals surface area contributed by atoms with Gasteiger partial charge >= 0.3 is 0 Å². The molecule has 1 unspecified atom stereocenters. The van der Waals surface area contributed by atoms with Crippen molar-refractivity contribution >= 4 is 0 Å². The number of rotatable bonds is 4.